The number of rotatable bonds is 5. The molecular weight excluding hydrogens is 400 g/mol. The Hall–Kier alpha value is -2.84. The zero-order chi connectivity index (χ0) is 22.2. The van der Waals surface area contributed by atoms with E-state index in [1.54, 1.807) is 12.3 Å². The molecular formula is C23H27F2N5O. The van der Waals surface area contributed by atoms with Crippen molar-refractivity contribution >= 4 is 22.3 Å². The van der Waals surface area contributed by atoms with Crippen molar-refractivity contribution in [1.29, 1.82) is 0 Å². The van der Waals surface area contributed by atoms with E-state index in [1.807, 2.05) is 25.1 Å². The van der Waals surface area contributed by atoms with Crippen LogP contribution in [0.3, 0.4) is 0 Å². The van der Waals surface area contributed by atoms with Crippen LogP contribution in [0.2, 0.25) is 0 Å². The van der Waals surface area contributed by atoms with Gasteiger partial charge >= 0.3 is 0 Å². The minimum Gasteiger partial charge on any atom is -0.399 e. The van der Waals surface area contributed by atoms with Crippen molar-refractivity contribution in [3.05, 3.63) is 59.3 Å². The molecule has 1 aromatic heterocycles. The molecule has 3 aromatic rings. The maximum atomic E-state index is 13.2. The van der Waals surface area contributed by atoms with Gasteiger partial charge < -0.3 is 21.1 Å². The van der Waals surface area contributed by atoms with Gasteiger partial charge in [-0.3, -0.25) is 0 Å². The highest BCUT2D eigenvalue weighted by molar-refractivity contribution is 5.91. The molecule has 1 fully saturated rings. The number of aromatic nitrogens is 2. The molecule has 4 N–H and O–H groups in total. The molecule has 0 radical (unpaired) electrons. The van der Waals surface area contributed by atoms with E-state index in [0.717, 1.165) is 29.7 Å². The summed E-state index contributed by atoms with van der Waals surface area (Å²) in [7, 11) is 2.05. The van der Waals surface area contributed by atoms with Gasteiger partial charge in [0.15, 0.2) is 0 Å². The second-order valence-corrected chi connectivity index (χ2v) is 8.42. The molecule has 0 amide bonds. The quantitative estimate of drug-likeness (QED) is 0.528. The standard InChI is InChI=1S/C23H27F2N5O/c1-14(15-9-16(22(24)25)11-18(26)10-15)28-21-13-27-29-20-4-3-17(12-19(20)21)23(31)5-7-30(2)8-6-23/h3-4,9-14,22,31H,5-8,26H2,1-2H3,(H,28,29)/t14-/m1/s1. The fourth-order valence-electron chi connectivity index (χ4n) is 4.13. The molecule has 6 nitrogen and oxygen atoms in total. The number of benzene rings is 2. The summed E-state index contributed by atoms with van der Waals surface area (Å²) in [5.41, 5.74) is 8.06. The molecule has 0 bridgehead atoms. The molecule has 1 atom stereocenters. The van der Waals surface area contributed by atoms with Gasteiger partial charge in [-0.05, 0) is 68.3 Å². The molecule has 8 heteroatoms. The van der Waals surface area contributed by atoms with E-state index in [4.69, 9.17) is 5.73 Å². The molecule has 2 aromatic carbocycles. The summed E-state index contributed by atoms with van der Waals surface area (Å²) in [5.74, 6) is 0. The van der Waals surface area contributed by atoms with E-state index in [0.29, 0.717) is 29.6 Å². The molecule has 0 aliphatic carbocycles. The topological polar surface area (TPSA) is 87.3 Å². The van der Waals surface area contributed by atoms with Crippen molar-refractivity contribution in [1.82, 2.24) is 15.1 Å². The van der Waals surface area contributed by atoms with Gasteiger partial charge in [-0.25, -0.2) is 8.78 Å². The third-order valence-corrected chi connectivity index (χ3v) is 6.11. The molecule has 164 valence electrons. The molecule has 0 unspecified atom stereocenters. The Balaban J connectivity index is 1.66. The summed E-state index contributed by atoms with van der Waals surface area (Å²) in [6.07, 6.45) is 0.344. The fourth-order valence-corrected chi connectivity index (χ4v) is 4.13. The monoisotopic (exact) mass is 427 g/mol. The first-order chi connectivity index (χ1) is 14.7. The first-order valence-corrected chi connectivity index (χ1v) is 10.4. The minimum absolute atomic E-state index is 0.104. The van der Waals surface area contributed by atoms with Gasteiger partial charge in [-0.1, -0.05) is 6.07 Å². The summed E-state index contributed by atoms with van der Waals surface area (Å²) < 4.78 is 26.4. The first-order valence-electron chi connectivity index (χ1n) is 10.4. The number of likely N-dealkylation sites (tertiary alicyclic amines) is 1. The number of hydrogen-bond acceptors (Lipinski definition) is 6. The van der Waals surface area contributed by atoms with Gasteiger partial charge in [0.05, 0.1) is 23.0 Å². The predicted molar refractivity (Wildman–Crippen MR) is 118 cm³/mol. The van der Waals surface area contributed by atoms with Gasteiger partial charge in [-0.2, -0.15) is 10.2 Å². The summed E-state index contributed by atoms with van der Waals surface area (Å²) in [6.45, 7) is 3.53. The number of nitrogens with two attached hydrogens (primary N) is 1. The number of nitrogens with zero attached hydrogens (tertiary/aromatic N) is 3. The third kappa shape index (κ3) is 4.45. The second kappa shape index (κ2) is 8.36. The van der Waals surface area contributed by atoms with Crippen molar-refractivity contribution in [2.45, 2.75) is 37.8 Å². The molecule has 2 heterocycles. The normalized spacial score (nSPS) is 17.7. The number of aliphatic hydroxyl groups is 1. The Bertz CT molecular complexity index is 1080. The molecule has 0 spiro atoms. The predicted octanol–water partition coefficient (Wildman–Crippen LogP) is 4.24. The highest BCUT2D eigenvalue weighted by Crippen LogP contribution is 2.36. The number of nitrogens with one attached hydrogen (secondary N) is 1. The van der Waals surface area contributed by atoms with Crippen molar-refractivity contribution < 1.29 is 13.9 Å². The lowest BCUT2D eigenvalue weighted by Crippen LogP contribution is -2.40. The molecule has 1 aliphatic heterocycles. The van der Waals surface area contributed by atoms with Crippen LogP contribution >= 0.6 is 0 Å². The fraction of sp³-hybridized carbons (Fsp3) is 0.391. The van der Waals surface area contributed by atoms with Crippen molar-refractivity contribution in [3.63, 3.8) is 0 Å². The lowest BCUT2D eigenvalue weighted by atomic mass is 9.84. The number of nitrogen functional groups attached to an aromatic ring is 1. The number of halogens is 2. The summed E-state index contributed by atoms with van der Waals surface area (Å²) in [6, 6.07) is 9.87. The Labute approximate surface area is 180 Å². The van der Waals surface area contributed by atoms with Crippen molar-refractivity contribution in [3.8, 4) is 0 Å². The first kappa shape index (κ1) is 21.4. The van der Waals surface area contributed by atoms with Gasteiger partial charge in [0.2, 0.25) is 0 Å². The molecule has 31 heavy (non-hydrogen) atoms. The zero-order valence-electron chi connectivity index (χ0n) is 17.6. The van der Waals surface area contributed by atoms with E-state index < -0.39 is 12.0 Å². The van der Waals surface area contributed by atoms with E-state index in [-0.39, 0.29) is 11.6 Å². The average Bonchev–Trinajstić information content (AvgIpc) is 2.75. The van der Waals surface area contributed by atoms with E-state index in [2.05, 4.69) is 27.5 Å². The van der Waals surface area contributed by atoms with Crippen LogP contribution in [0.5, 0.6) is 0 Å². The minimum atomic E-state index is -2.59. The average molecular weight is 427 g/mol. The number of hydrogen-bond donors (Lipinski definition) is 3. The lowest BCUT2D eigenvalue weighted by molar-refractivity contribution is -0.0202. The Morgan fingerprint density at radius 3 is 2.55 bits per heavy atom. The largest absolute Gasteiger partial charge is 0.399 e. The molecule has 0 saturated carbocycles. The van der Waals surface area contributed by atoms with Gasteiger partial charge in [0.1, 0.15) is 0 Å². The van der Waals surface area contributed by atoms with Crippen LogP contribution in [0.1, 0.15) is 48.9 Å². The van der Waals surface area contributed by atoms with Crippen LogP contribution in [0, 0.1) is 0 Å². The molecule has 1 aliphatic rings. The van der Waals surface area contributed by atoms with Crippen LogP contribution < -0.4 is 11.1 Å². The highest BCUT2D eigenvalue weighted by atomic mass is 19.3. The number of alkyl halides is 2. The third-order valence-electron chi connectivity index (χ3n) is 6.11. The van der Waals surface area contributed by atoms with Gasteiger partial charge in [0, 0.05) is 35.8 Å². The smallest absolute Gasteiger partial charge is 0.263 e. The van der Waals surface area contributed by atoms with Crippen LogP contribution in [-0.4, -0.2) is 40.3 Å². The van der Waals surface area contributed by atoms with E-state index in [9.17, 15) is 13.9 Å². The maximum absolute atomic E-state index is 13.2. The Kier molecular flexibility index (Phi) is 5.77. The molecule has 1 saturated heterocycles. The molecule has 4 rings (SSSR count). The van der Waals surface area contributed by atoms with Crippen molar-refractivity contribution in [2.24, 2.45) is 0 Å². The van der Waals surface area contributed by atoms with Crippen LogP contribution in [-0.2, 0) is 5.60 Å². The summed E-state index contributed by atoms with van der Waals surface area (Å²) in [5, 5.41) is 23.7. The summed E-state index contributed by atoms with van der Waals surface area (Å²) in [4.78, 5) is 2.20. The van der Waals surface area contributed by atoms with Crippen molar-refractivity contribution in [2.75, 3.05) is 31.2 Å². The second-order valence-electron chi connectivity index (χ2n) is 8.42. The SMILES string of the molecule is C[C@@H](Nc1cnnc2ccc(C3(O)CCN(C)CC3)cc12)c1cc(N)cc(C(F)F)c1. The van der Waals surface area contributed by atoms with Gasteiger partial charge in [-0.15, -0.1) is 0 Å². The van der Waals surface area contributed by atoms with E-state index in [1.165, 1.54) is 12.1 Å². The number of anilines is 2. The van der Waals surface area contributed by atoms with Gasteiger partial charge in [0.25, 0.3) is 6.43 Å². The maximum Gasteiger partial charge on any atom is 0.263 e. The van der Waals surface area contributed by atoms with Crippen LogP contribution in [0.15, 0.2) is 42.6 Å². The number of fused-ring (bicyclic) bond motifs is 1. The summed E-state index contributed by atoms with van der Waals surface area (Å²) >= 11 is 0. The lowest BCUT2D eigenvalue weighted by Gasteiger charge is -2.37. The Morgan fingerprint density at radius 2 is 1.84 bits per heavy atom. The van der Waals surface area contributed by atoms with Crippen LogP contribution in [0.25, 0.3) is 10.9 Å². The zero-order valence-corrected chi connectivity index (χ0v) is 17.6. The number of piperidine rings is 1. The Morgan fingerprint density at radius 1 is 1.13 bits per heavy atom. The van der Waals surface area contributed by atoms with Crippen LogP contribution in [0.4, 0.5) is 20.2 Å². The van der Waals surface area contributed by atoms with E-state index >= 15 is 0 Å². The highest BCUT2D eigenvalue weighted by Gasteiger charge is 2.33.